The Bertz CT molecular complexity index is 529. The second kappa shape index (κ2) is 9.76. The summed E-state index contributed by atoms with van der Waals surface area (Å²) in [6, 6.07) is 0. The first-order chi connectivity index (χ1) is 10.6. The fourth-order valence-corrected chi connectivity index (χ4v) is 2.58. The normalized spacial score (nSPS) is 14.1. The fraction of sp³-hybridized carbons (Fsp3) is 0.714. The number of rotatable bonds is 5. The van der Waals surface area contributed by atoms with Gasteiger partial charge in [-0.15, -0.1) is 35.3 Å². The maximum atomic E-state index is 12.5. The molecule has 1 atom stereocenters. The minimum Gasteiger partial charge on any atom is -0.379 e. The van der Waals surface area contributed by atoms with E-state index in [0.717, 1.165) is 16.7 Å². The zero-order chi connectivity index (χ0) is 17.7. The Morgan fingerprint density at radius 1 is 1.33 bits per heavy atom. The molecular formula is C14H24F3IN4OS. The van der Waals surface area contributed by atoms with Crippen molar-refractivity contribution in [2.24, 2.45) is 10.4 Å². The van der Waals surface area contributed by atoms with E-state index in [9.17, 15) is 13.2 Å². The molecule has 2 N–H and O–H groups in total. The summed E-state index contributed by atoms with van der Waals surface area (Å²) in [5.74, 6) is 0.486. The van der Waals surface area contributed by atoms with Gasteiger partial charge in [0, 0.05) is 26.1 Å². The van der Waals surface area contributed by atoms with Gasteiger partial charge in [0.15, 0.2) is 11.7 Å². The number of nitrogens with one attached hydrogen (secondary N) is 2. The lowest BCUT2D eigenvalue weighted by molar-refractivity contribution is -0.140. The second-order valence-electron chi connectivity index (χ2n) is 6.02. The number of halogens is 4. The molecule has 0 spiro atoms. The third-order valence-electron chi connectivity index (χ3n) is 3.18. The number of thiazole rings is 1. The van der Waals surface area contributed by atoms with Crippen LogP contribution in [0.1, 0.15) is 31.5 Å². The molecule has 0 saturated heterocycles. The first-order valence-electron chi connectivity index (χ1n) is 7.07. The molecule has 0 fully saturated rings. The molecule has 1 aromatic heterocycles. The van der Waals surface area contributed by atoms with E-state index in [1.165, 1.54) is 0 Å². The van der Waals surface area contributed by atoms with Gasteiger partial charge >= 0.3 is 6.18 Å². The van der Waals surface area contributed by atoms with E-state index in [1.54, 1.807) is 14.2 Å². The van der Waals surface area contributed by atoms with E-state index in [-0.39, 0.29) is 42.0 Å². The van der Waals surface area contributed by atoms with Crippen molar-refractivity contribution < 1.29 is 17.9 Å². The van der Waals surface area contributed by atoms with E-state index in [4.69, 9.17) is 4.74 Å². The van der Waals surface area contributed by atoms with Crippen molar-refractivity contribution in [3.63, 3.8) is 0 Å². The Balaban J connectivity index is 0.00000529. The Hall–Kier alpha value is -0.620. The van der Waals surface area contributed by atoms with Gasteiger partial charge in [-0.25, -0.2) is 4.98 Å². The number of hydrogen-bond donors (Lipinski definition) is 2. The Morgan fingerprint density at radius 3 is 2.38 bits per heavy atom. The molecule has 0 aliphatic heterocycles. The monoisotopic (exact) mass is 480 g/mol. The molecule has 0 aliphatic carbocycles. The smallest absolute Gasteiger partial charge is 0.379 e. The van der Waals surface area contributed by atoms with Gasteiger partial charge in [0.1, 0.15) is 5.01 Å². The van der Waals surface area contributed by atoms with Crippen LogP contribution in [0.2, 0.25) is 0 Å². The molecule has 0 aliphatic rings. The predicted molar refractivity (Wildman–Crippen MR) is 101 cm³/mol. The number of alkyl halides is 3. The summed E-state index contributed by atoms with van der Waals surface area (Å²) in [5, 5.41) is 7.40. The van der Waals surface area contributed by atoms with Crippen LogP contribution in [-0.2, 0) is 17.5 Å². The summed E-state index contributed by atoms with van der Waals surface area (Å²) < 4.78 is 42.9. The number of guanidine groups is 1. The van der Waals surface area contributed by atoms with Crippen molar-refractivity contribution in [1.29, 1.82) is 0 Å². The molecule has 24 heavy (non-hydrogen) atoms. The average Bonchev–Trinajstić information content (AvgIpc) is 2.90. The molecule has 10 heteroatoms. The summed E-state index contributed by atoms with van der Waals surface area (Å²) in [6.45, 7) is 6.90. The third-order valence-corrected chi connectivity index (χ3v) is 4.03. The number of nitrogens with zero attached hydrogens (tertiary/aromatic N) is 2. The van der Waals surface area contributed by atoms with Crippen LogP contribution in [0.4, 0.5) is 13.2 Å². The van der Waals surface area contributed by atoms with E-state index in [0.29, 0.717) is 17.5 Å². The summed E-state index contributed by atoms with van der Waals surface area (Å²) in [7, 11) is 3.24. The number of hydrogen-bond acceptors (Lipinski definition) is 4. The fourth-order valence-electron chi connectivity index (χ4n) is 1.83. The van der Waals surface area contributed by atoms with Crippen LogP contribution in [0.3, 0.4) is 0 Å². The van der Waals surface area contributed by atoms with Crippen LogP contribution in [0, 0.1) is 5.41 Å². The van der Waals surface area contributed by atoms with Crippen LogP contribution in [-0.4, -0.2) is 37.7 Å². The standard InChI is InChI=1S/C14H23F3N4OS.HI/c1-13(2,3)10(22-5)6-19-12(18-4)20-7-11-21-9(8-23-11)14(15,16)17;/h8,10H,6-7H2,1-5H3,(H2,18,19,20);1H. The topological polar surface area (TPSA) is 58.5 Å². The van der Waals surface area contributed by atoms with Crippen molar-refractivity contribution in [3.05, 3.63) is 16.1 Å². The van der Waals surface area contributed by atoms with E-state index < -0.39 is 11.9 Å². The summed E-state index contributed by atoms with van der Waals surface area (Å²) in [6.07, 6.45) is -4.44. The highest BCUT2D eigenvalue weighted by molar-refractivity contribution is 14.0. The number of aromatic nitrogens is 1. The van der Waals surface area contributed by atoms with Gasteiger partial charge in [0.2, 0.25) is 0 Å². The zero-order valence-electron chi connectivity index (χ0n) is 14.3. The van der Waals surface area contributed by atoms with Gasteiger partial charge in [-0.1, -0.05) is 20.8 Å². The van der Waals surface area contributed by atoms with E-state index >= 15 is 0 Å². The molecule has 0 saturated carbocycles. The molecule has 1 heterocycles. The lowest BCUT2D eigenvalue weighted by atomic mass is 9.89. The van der Waals surface area contributed by atoms with Crippen molar-refractivity contribution in [2.75, 3.05) is 20.7 Å². The minimum absolute atomic E-state index is 0. The number of methoxy groups -OCH3 is 1. The average molecular weight is 480 g/mol. The second-order valence-corrected chi connectivity index (χ2v) is 6.96. The lowest BCUT2D eigenvalue weighted by Crippen LogP contribution is -2.45. The first kappa shape index (κ1) is 23.4. The van der Waals surface area contributed by atoms with Gasteiger partial charge in [-0.05, 0) is 5.41 Å². The summed E-state index contributed by atoms with van der Waals surface area (Å²) in [4.78, 5) is 7.60. The van der Waals surface area contributed by atoms with Gasteiger partial charge in [-0.2, -0.15) is 13.2 Å². The Kier molecular flexibility index (Phi) is 9.51. The third kappa shape index (κ3) is 7.51. The SMILES string of the molecule is CN=C(NCc1nc(C(F)(F)F)cs1)NCC(OC)C(C)(C)C.I. The van der Waals surface area contributed by atoms with Gasteiger partial charge in [-0.3, -0.25) is 4.99 Å². The van der Waals surface area contributed by atoms with Crippen LogP contribution < -0.4 is 10.6 Å². The molecular weight excluding hydrogens is 456 g/mol. The van der Waals surface area contributed by atoms with Crippen molar-refractivity contribution in [1.82, 2.24) is 15.6 Å². The van der Waals surface area contributed by atoms with Crippen LogP contribution in [0.25, 0.3) is 0 Å². The molecule has 140 valence electrons. The Labute approximate surface area is 161 Å². The predicted octanol–water partition coefficient (Wildman–Crippen LogP) is 3.51. The quantitative estimate of drug-likeness (QED) is 0.385. The summed E-state index contributed by atoms with van der Waals surface area (Å²) in [5.41, 5.74) is -0.910. The van der Waals surface area contributed by atoms with E-state index in [2.05, 4.69) is 41.4 Å². The molecule has 1 unspecified atom stereocenters. The largest absolute Gasteiger partial charge is 0.434 e. The summed E-state index contributed by atoms with van der Waals surface area (Å²) >= 11 is 0.961. The number of aliphatic imine (C=N–C) groups is 1. The molecule has 1 aromatic rings. The van der Waals surface area contributed by atoms with E-state index in [1.807, 2.05) is 0 Å². The molecule has 0 bridgehead atoms. The van der Waals surface area contributed by atoms with Gasteiger partial charge < -0.3 is 15.4 Å². The molecule has 0 radical (unpaired) electrons. The molecule has 1 rings (SSSR count). The zero-order valence-corrected chi connectivity index (χ0v) is 17.5. The van der Waals surface area contributed by atoms with Crippen molar-refractivity contribution in [2.45, 2.75) is 39.6 Å². The highest BCUT2D eigenvalue weighted by Crippen LogP contribution is 2.29. The van der Waals surface area contributed by atoms with Crippen LogP contribution in [0.15, 0.2) is 10.4 Å². The van der Waals surface area contributed by atoms with Gasteiger partial charge in [0.05, 0.1) is 12.6 Å². The van der Waals surface area contributed by atoms with Crippen molar-refractivity contribution >= 4 is 41.3 Å². The maximum absolute atomic E-state index is 12.5. The molecule has 5 nitrogen and oxygen atoms in total. The van der Waals surface area contributed by atoms with Crippen LogP contribution in [0.5, 0.6) is 0 Å². The van der Waals surface area contributed by atoms with Crippen molar-refractivity contribution in [3.8, 4) is 0 Å². The lowest BCUT2D eigenvalue weighted by Gasteiger charge is -2.30. The first-order valence-corrected chi connectivity index (χ1v) is 7.94. The molecule has 0 aromatic carbocycles. The Morgan fingerprint density at radius 2 is 1.96 bits per heavy atom. The van der Waals surface area contributed by atoms with Crippen LogP contribution >= 0.6 is 35.3 Å². The molecule has 0 amide bonds. The highest BCUT2D eigenvalue weighted by Gasteiger charge is 2.33. The number of ether oxygens (including phenoxy) is 1. The maximum Gasteiger partial charge on any atom is 0.434 e. The minimum atomic E-state index is -4.41. The van der Waals surface area contributed by atoms with Gasteiger partial charge in [0.25, 0.3) is 0 Å². The highest BCUT2D eigenvalue weighted by atomic mass is 127.